The van der Waals surface area contributed by atoms with Gasteiger partial charge in [-0.05, 0) is 32.2 Å². The highest BCUT2D eigenvalue weighted by Gasteiger charge is 2.36. The van der Waals surface area contributed by atoms with Gasteiger partial charge in [-0.1, -0.05) is 20.3 Å². The molecule has 0 aromatic rings. The monoisotopic (exact) mass is 224 g/mol. The summed E-state index contributed by atoms with van der Waals surface area (Å²) >= 11 is 0. The second-order valence-electron chi connectivity index (χ2n) is 4.67. The largest absolute Gasteiger partial charge is 0.378 e. The van der Waals surface area contributed by atoms with E-state index in [0.29, 0.717) is 0 Å². The number of nitrogens with one attached hydrogen (secondary N) is 1. The molecular weight excluding hydrogens is 200 g/mol. The van der Waals surface area contributed by atoms with Crippen LogP contribution < -0.4 is 5.32 Å². The zero-order valence-corrected chi connectivity index (χ0v) is 10.6. The molecule has 16 heavy (non-hydrogen) atoms. The lowest BCUT2D eigenvalue weighted by Gasteiger charge is -2.36. The van der Waals surface area contributed by atoms with Crippen molar-refractivity contribution in [3.8, 4) is 6.07 Å². The first-order valence-electron chi connectivity index (χ1n) is 6.54. The van der Waals surface area contributed by atoms with Gasteiger partial charge in [0.05, 0.1) is 12.2 Å². The number of ether oxygens (including phenoxy) is 1. The van der Waals surface area contributed by atoms with Crippen LogP contribution in [0.15, 0.2) is 0 Å². The van der Waals surface area contributed by atoms with Crippen LogP contribution in [-0.2, 0) is 4.74 Å². The molecule has 0 radical (unpaired) electrons. The van der Waals surface area contributed by atoms with Gasteiger partial charge in [-0.3, -0.25) is 5.32 Å². The molecule has 92 valence electrons. The van der Waals surface area contributed by atoms with Gasteiger partial charge >= 0.3 is 0 Å². The first-order chi connectivity index (χ1) is 7.76. The van der Waals surface area contributed by atoms with Crippen molar-refractivity contribution in [2.45, 2.75) is 64.0 Å². The average Bonchev–Trinajstić information content (AvgIpc) is 2.30. The molecule has 0 amide bonds. The smallest absolute Gasteiger partial charge is 0.109 e. The molecule has 1 N–H and O–H groups in total. The molecule has 0 aromatic heterocycles. The van der Waals surface area contributed by atoms with Crippen LogP contribution in [0.3, 0.4) is 0 Å². The minimum Gasteiger partial charge on any atom is -0.378 e. The predicted molar refractivity (Wildman–Crippen MR) is 65.1 cm³/mol. The number of unbranched alkanes of at least 4 members (excludes halogenated alkanes) is 1. The van der Waals surface area contributed by atoms with Crippen molar-refractivity contribution in [3.63, 3.8) is 0 Å². The van der Waals surface area contributed by atoms with Crippen LogP contribution >= 0.6 is 0 Å². The van der Waals surface area contributed by atoms with Crippen LogP contribution in [0.1, 0.15) is 52.4 Å². The van der Waals surface area contributed by atoms with E-state index in [2.05, 4.69) is 25.2 Å². The minimum atomic E-state index is -0.329. The van der Waals surface area contributed by atoms with E-state index in [1.165, 1.54) is 6.42 Å². The zero-order chi connectivity index (χ0) is 11.9. The molecule has 1 saturated carbocycles. The molecule has 0 heterocycles. The molecule has 0 saturated heterocycles. The highest BCUT2D eigenvalue weighted by molar-refractivity contribution is 5.10. The maximum absolute atomic E-state index is 9.29. The quantitative estimate of drug-likeness (QED) is 0.705. The van der Waals surface area contributed by atoms with Crippen molar-refractivity contribution in [2.75, 3.05) is 13.2 Å². The normalized spacial score (nSPS) is 29.9. The lowest BCUT2D eigenvalue weighted by molar-refractivity contribution is 0.00813. The molecule has 3 nitrogen and oxygen atoms in total. The van der Waals surface area contributed by atoms with Gasteiger partial charge in [-0.2, -0.15) is 5.26 Å². The van der Waals surface area contributed by atoms with Crippen LogP contribution in [0.25, 0.3) is 0 Å². The lowest BCUT2D eigenvalue weighted by Crippen LogP contribution is -2.49. The fourth-order valence-electron chi connectivity index (χ4n) is 2.40. The molecule has 1 aliphatic carbocycles. The SMILES string of the molecule is CCCCOC1CCCC(C#N)(NCC)C1. The van der Waals surface area contributed by atoms with E-state index in [-0.39, 0.29) is 11.6 Å². The van der Waals surface area contributed by atoms with Crippen LogP contribution in [0, 0.1) is 11.3 Å². The van der Waals surface area contributed by atoms with Crippen LogP contribution in [0.2, 0.25) is 0 Å². The highest BCUT2D eigenvalue weighted by Crippen LogP contribution is 2.29. The second kappa shape index (κ2) is 6.88. The Morgan fingerprint density at radius 2 is 2.31 bits per heavy atom. The maximum atomic E-state index is 9.29. The Labute approximate surface area is 99.2 Å². The summed E-state index contributed by atoms with van der Waals surface area (Å²) in [7, 11) is 0. The van der Waals surface area contributed by atoms with E-state index < -0.39 is 0 Å². The summed E-state index contributed by atoms with van der Waals surface area (Å²) in [5.41, 5.74) is -0.329. The van der Waals surface area contributed by atoms with Crippen molar-refractivity contribution in [3.05, 3.63) is 0 Å². The third-order valence-corrected chi connectivity index (χ3v) is 3.29. The number of nitrogens with zero attached hydrogens (tertiary/aromatic N) is 1. The highest BCUT2D eigenvalue weighted by atomic mass is 16.5. The Hall–Kier alpha value is -0.590. The molecule has 1 aliphatic rings. The summed E-state index contributed by atoms with van der Waals surface area (Å²) in [6.45, 7) is 5.92. The Kier molecular flexibility index (Phi) is 5.79. The van der Waals surface area contributed by atoms with Gasteiger partial charge in [-0.25, -0.2) is 0 Å². The van der Waals surface area contributed by atoms with Crippen LogP contribution in [0.4, 0.5) is 0 Å². The fraction of sp³-hybridized carbons (Fsp3) is 0.923. The molecule has 0 bridgehead atoms. The summed E-state index contributed by atoms with van der Waals surface area (Å²) in [4.78, 5) is 0. The Bertz CT molecular complexity index is 233. The first kappa shape index (κ1) is 13.5. The third-order valence-electron chi connectivity index (χ3n) is 3.29. The van der Waals surface area contributed by atoms with Crippen LogP contribution in [0.5, 0.6) is 0 Å². The minimum absolute atomic E-state index is 0.277. The first-order valence-corrected chi connectivity index (χ1v) is 6.54. The molecule has 0 spiro atoms. The summed E-state index contributed by atoms with van der Waals surface area (Å²) in [6.07, 6.45) is 6.58. The number of hydrogen-bond donors (Lipinski definition) is 1. The zero-order valence-electron chi connectivity index (χ0n) is 10.6. The fourth-order valence-corrected chi connectivity index (χ4v) is 2.40. The van der Waals surface area contributed by atoms with Crippen molar-refractivity contribution in [1.29, 1.82) is 5.26 Å². The molecular formula is C13H24N2O. The van der Waals surface area contributed by atoms with Gasteiger partial charge in [0.15, 0.2) is 0 Å². The van der Waals surface area contributed by atoms with E-state index in [9.17, 15) is 5.26 Å². The number of rotatable bonds is 6. The third kappa shape index (κ3) is 3.77. The second-order valence-corrected chi connectivity index (χ2v) is 4.67. The van der Waals surface area contributed by atoms with Crippen LogP contribution in [-0.4, -0.2) is 24.8 Å². The van der Waals surface area contributed by atoms with Crippen molar-refractivity contribution in [2.24, 2.45) is 0 Å². The van der Waals surface area contributed by atoms with Gasteiger partial charge < -0.3 is 4.74 Å². The van der Waals surface area contributed by atoms with E-state index in [1.54, 1.807) is 0 Å². The van der Waals surface area contributed by atoms with E-state index in [4.69, 9.17) is 4.74 Å². The molecule has 2 atom stereocenters. The van der Waals surface area contributed by atoms with Gasteiger partial charge in [0.1, 0.15) is 5.54 Å². The van der Waals surface area contributed by atoms with Crippen molar-refractivity contribution >= 4 is 0 Å². The van der Waals surface area contributed by atoms with E-state index in [0.717, 1.165) is 45.3 Å². The molecule has 2 unspecified atom stereocenters. The summed E-state index contributed by atoms with van der Waals surface area (Å²) in [5, 5.41) is 12.6. The summed E-state index contributed by atoms with van der Waals surface area (Å²) < 4.78 is 5.84. The van der Waals surface area contributed by atoms with E-state index in [1.807, 2.05) is 0 Å². The Morgan fingerprint density at radius 1 is 1.50 bits per heavy atom. The van der Waals surface area contributed by atoms with Crippen molar-refractivity contribution < 1.29 is 4.74 Å². The van der Waals surface area contributed by atoms with Crippen molar-refractivity contribution in [1.82, 2.24) is 5.32 Å². The maximum Gasteiger partial charge on any atom is 0.109 e. The molecule has 0 aromatic carbocycles. The summed E-state index contributed by atoms with van der Waals surface area (Å²) in [6, 6.07) is 2.45. The Balaban J connectivity index is 2.42. The molecule has 3 heteroatoms. The standard InChI is InChI=1S/C13H24N2O/c1-3-5-9-16-12-7-6-8-13(10-12,11-14)15-4-2/h12,15H,3-10H2,1-2H3. The number of hydrogen-bond acceptors (Lipinski definition) is 3. The van der Waals surface area contributed by atoms with Gasteiger partial charge in [-0.15, -0.1) is 0 Å². The average molecular weight is 224 g/mol. The summed E-state index contributed by atoms with van der Waals surface area (Å²) in [5.74, 6) is 0. The molecule has 1 rings (SSSR count). The molecule has 1 fully saturated rings. The molecule has 0 aliphatic heterocycles. The Morgan fingerprint density at radius 3 is 2.94 bits per heavy atom. The topological polar surface area (TPSA) is 45.0 Å². The van der Waals surface area contributed by atoms with Gasteiger partial charge in [0.25, 0.3) is 0 Å². The van der Waals surface area contributed by atoms with Gasteiger partial charge in [0.2, 0.25) is 0 Å². The lowest BCUT2D eigenvalue weighted by atomic mass is 9.81. The van der Waals surface area contributed by atoms with Gasteiger partial charge in [0, 0.05) is 13.0 Å². The van der Waals surface area contributed by atoms with E-state index >= 15 is 0 Å². The number of nitriles is 1. The predicted octanol–water partition coefficient (Wildman–Crippen LogP) is 2.62.